The van der Waals surface area contributed by atoms with Crippen LogP contribution in [0.2, 0.25) is 0 Å². The zero-order valence-corrected chi connectivity index (χ0v) is 11.5. The molecule has 0 spiro atoms. The van der Waals surface area contributed by atoms with E-state index in [4.69, 9.17) is 4.74 Å². The molecule has 0 saturated carbocycles. The minimum absolute atomic E-state index is 0. The Hall–Kier alpha value is -1.21. The Balaban J connectivity index is 0.00000200. The average molecular weight is 313 g/mol. The molecule has 1 fully saturated rings. The van der Waals surface area contributed by atoms with Gasteiger partial charge in [0.1, 0.15) is 0 Å². The van der Waals surface area contributed by atoms with Crippen molar-refractivity contribution < 1.29 is 22.6 Å². The first-order valence-electron chi connectivity index (χ1n) is 6.09. The maximum Gasteiger partial charge on any atom is 0.574 e. The number of ether oxygens (including phenoxy) is 2. The van der Waals surface area contributed by atoms with Crippen molar-refractivity contribution in [3.8, 4) is 11.6 Å². The molecule has 0 aromatic carbocycles. The van der Waals surface area contributed by atoms with Gasteiger partial charge in [-0.2, -0.15) is 0 Å². The number of hydrogen-bond acceptors (Lipinski definition) is 4. The van der Waals surface area contributed by atoms with Crippen LogP contribution in [0.4, 0.5) is 13.2 Å². The summed E-state index contributed by atoms with van der Waals surface area (Å²) in [6, 6.07) is 2.93. The summed E-state index contributed by atoms with van der Waals surface area (Å²) >= 11 is 0. The van der Waals surface area contributed by atoms with Crippen molar-refractivity contribution in [3.05, 3.63) is 18.3 Å². The summed E-state index contributed by atoms with van der Waals surface area (Å²) in [5.74, 6) is -0.225. The number of hydrogen-bond donors (Lipinski definition) is 1. The van der Waals surface area contributed by atoms with Crippen molar-refractivity contribution in [2.45, 2.75) is 19.2 Å². The number of rotatable bonds is 4. The van der Waals surface area contributed by atoms with Crippen LogP contribution in [0.15, 0.2) is 18.3 Å². The number of aromatic nitrogens is 1. The van der Waals surface area contributed by atoms with Crippen LogP contribution < -0.4 is 14.8 Å². The van der Waals surface area contributed by atoms with Gasteiger partial charge >= 0.3 is 6.36 Å². The number of piperidine rings is 1. The molecule has 1 unspecified atom stereocenters. The molecule has 0 aliphatic carbocycles. The van der Waals surface area contributed by atoms with Gasteiger partial charge in [-0.3, -0.25) is 0 Å². The van der Waals surface area contributed by atoms with Crippen molar-refractivity contribution >= 4 is 12.4 Å². The van der Waals surface area contributed by atoms with Crippen molar-refractivity contribution in [2.75, 3.05) is 19.7 Å². The van der Waals surface area contributed by atoms with E-state index in [2.05, 4.69) is 15.0 Å². The van der Waals surface area contributed by atoms with E-state index in [1.807, 2.05) is 0 Å². The van der Waals surface area contributed by atoms with Crippen LogP contribution in [0.5, 0.6) is 11.6 Å². The molecular weight excluding hydrogens is 297 g/mol. The fraction of sp³-hybridized carbons (Fsp3) is 0.583. The second-order valence-electron chi connectivity index (χ2n) is 4.38. The number of nitrogens with one attached hydrogen (secondary N) is 1. The van der Waals surface area contributed by atoms with Crippen LogP contribution in [0.25, 0.3) is 0 Å². The van der Waals surface area contributed by atoms with Gasteiger partial charge in [-0.1, -0.05) is 0 Å². The van der Waals surface area contributed by atoms with E-state index >= 15 is 0 Å². The smallest absolute Gasteiger partial charge is 0.488 e. The molecule has 1 aliphatic heterocycles. The zero-order chi connectivity index (χ0) is 13.7. The quantitative estimate of drug-likeness (QED) is 0.928. The van der Waals surface area contributed by atoms with Gasteiger partial charge in [0.15, 0.2) is 5.75 Å². The lowest BCUT2D eigenvalue weighted by atomic mass is 10.0. The molecule has 2 heterocycles. The summed E-state index contributed by atoms with van der Waals surface area (Å²) in [6.45, 7) is 2.15. The summed E-state index contributed by atoms with van der Waals surface area (Å²) < 4.78 is 45.8. The molecule has 2 rings (SSSR count). The van der Waals surface area contributed by atoms with E-state index < -0.39 is 12.2 Å². The van der Waals surface area contributed by atoms with Gasteiger partial charge < -0.3 is 14.8 Å². The molecule has 1 aromatic heterocycles. The number of halogens is 4. The lowest BCUT2D eigenvalue weighted by molar-refractivity contribution is -0.276. The third-order valence-corrected chi connectivity index (χ3v) is 2.82. The van der Waals surface area contributed by atoms with E-state index in [1.165, 1.54) is 18.3 Å². The fourth-order valence-electron chi connectivity index (χ4n) is 1.95. The second-order valence-corrected chi connectivity index (χ2v) is 4.38. The van der Waals surface area contributed by atoms with Crippen LogP contribution in [-0.4, -0.2) is 31.0 Å². The highest BCUT2D eigenvalue weighted by atomic mass is 35.5. The molecule has 4 nitrogen and oxygen atoms in total. The SMILES string of the molecule is Cl.FC(F)(F)Oc1ncccc1OCC1CCCNC1. The van der Waals surface area contributed by atoms with E-state index in [1.54, 1.807) is 0 Å². The van der Waals surface area contributed by atoms with Crippen molar-refractivity contribution in [1.29, 1.82) is 0 Å². The maximum absolute atomic E-state index is 12.2. The van der Waals surface area contributed by atoms with Crippen molar-refractivity contribution in [2.24, 2.45) is 5.92 Å². The Morgan fingerprint density at radius 1 is 1.40 bits per heavy atom. The van der Waals surface area contributed by atoms with Crippen LogP contribution in [0.1, 0.15) is 12.8 Å². The minimum atomic E-state index is -4.77. The van der Waals surface area contributed by atoms with Crippen molar-refractivity contribution in [1.82, 2.24) is 10.3 Å². The van der Waals surface area contributed by atoms with Gasteiger partial charge in [0, 0.05) is 18.7 Å². The molecule has 1 aromatic rings. The summed E-state index contributed by atoms with van der Waals surface area (Å²) in [5.41, 5.74) is 0. The Morgan fingerprint density at radius 3 is 2.85 bits per heavy atom. The van der Waals surface area contributed by atoms with Crippen LogP contribution in [0, 0.1) is 5.92 Å². The molecule has 8 heteroatoms. The number of alkyl halides is 3. The van der Waals surface area contributed by atoms with Crippen LogP contribution in [-0.2, 0) is 0 Å². The lowest BCUT2D eigenvalue weighted by Gasteiger charge is -2.23. The van der Waals surface area contributed by atoms with Gasteiger partial charge in [-0.05, 0) is 31.5 Å². The van der Waals surface area contributed by atoms with Crippen LogP contribution in [0.3, 0.4) is 0 Å². The minimum Gasteiger partial charge on any atom is -0.488 e. The standard InChI is InChI=1S/C12H15F3N2O2.ClH/c13-12(14,15)19-11-10(4-2-6-17-11)18-8-9-3-1-5-16-7-9;/h2,4,6,9,16H,1,3,5,7-8H2;1H. The highest BCUT2D eigenvalue weighted by Gasteiger charge is 2.33. The normalized spacial score (nSPS) is 19.1. The van der Waals surface area contributed by atoms with E-state index in [9.17, 15) is 13.2 Å². The summed E-state index contributed by atoms with van der Waals surface area (Å²) in [5, 5.41) is 3.22. The molecule has 0 bridgehead atoms. The van der Waals surface area contributed by atoms with E-state index in [0.29, 0.717) is 12.5 Å². The highest BCUT2D eigenvalue weighted by molar-refractivity contribution is 5.85. The Labute approximate surface area is 121 Å². The molecule has 0 radical (unpaired) electrons. The van der Waals surface area contributed by atoms with Gasteiger partial charge in [0.05, 0.1) is 6.61 Å². The Bertz CT molecular complexity index is 412. The van der Waals surface area contributed by atoms with Gasteiger partial charge in [0.2, 0.25) is 0 Å². The number of nitrogens with zero attached hydrogens (tertiary/aromatic N) is 1. The predicted octanol–water partition coefficient (Wildman–Crippen LogP) is 2.78. The van der Waals surface area contributed by atoms with Gasteiger partial charge in [-0.25, -0.2) is 4.98 Å². The largest absolute Gasteiger partial charge is 0.574 e. The highest BCUT2D eigenvalue weighted by Crippen LogP contribution is 2.30. The third-order valence-electron chi connectivity index (χ3n) is 2.82. The zero-order valence-electron chi connectivity index (χ0n) is 10.7. The maximum atomic E-state index is 12.2. The fourth-order valence-corrected chi connectivity index (χ4v) is 1.95. The predicted molar refractivity (Wildman–Crippen MR) is 69.3 cm³/mol. The number of pyridine rings is 1. The average Bonchev–Trinajstić information content (AvgIpc) is 2.37. The molecule has 114 valence electrons. The van der Waals surface area contributed by atoms with E-state index in [-0.39, 0.29) is 18.2 Å². The first-order valence-corrected chi connectivity index (χ1v) is 6.09. The summed E-state index contributed by atoms with van der Waals surface area (Å²) in [6.07, 6.45) is -1.48. The van der Waals surface area contributed by atoms with Crippen LogP contribution >= 0.6 is 12.4 Å². The molecule has 1 N–H and O–H groups in total. The second kappa shape index (κ2) is 7.54. The van der Waals surface area contributed by atoms with Crippen molar-refractivity contribution in [3.63, 3.8) is 0 Å². The summed E-state index contributed by atoms with van der Waals surface area (Å²) in [7, 11) is 0. The molecule has 20 heavy (non-hydrogen) atoms. The Morgan fingerprint density at radius 2 is 2.20 bits per heavy atom. The van der Waals surface area contributed by atoms with Gasteiger partial charge in [0.25, 0.3) is 5.88 Å². The van der Waals surface area contributed by atoms with E-state index in [0.717, 1.165) is 25.9 Å². The summed E-state index contributed by atoms with van der Waals surface area (Å²) in [4.78, 5) is 3.54. The third kappa shape index (κ3) is 5.42. The first kappa shape index (κ1) is 16.8. The lowest BCUT2D eigenvalue weighted by Crippen LogP contribution is -2.33. The molecular formula is C12H16ClF3N2O2. The topological polar surface area (TPSA) is 43.4 Å². The van der Waals surface area contributed by atoms with Gasteiger partial charge in [-0.15, -0.1) is 25.6 Å². The molecule has 1 atom stereocenters. The Kier molecular flexibility index (Phi) is 6.35. The molecule has 1 saturated heterocycles. The molecule has 0 amide bonds. The first-order chi connectivity index (χ1) is 9.04. The molecule has 1 aliphatic rings. The monoisotopic (exact) mass is 312 g/mol.